The van der Waals surface area contributed by atoms with Crippen LogP contribution in [0.15, 0.2) is 30.7 Å². The van der Waals surface area contributed by atoms with Crippen LogP contribution in [0.25, 0.3) is 0 Å². The largest absolute Gasteiger partial charge is 0.329 e. The van der Waals surface area contributed by atoms with Crippen molar-refractivity contribution < 1.29 is 8.78 Å². The molecular formula is C16H19F2N3. The zero-order chi connectivity index (χ0) is 14.8. The van der Waals surface area contributed by atoms with E-state index in [-0.39, 0.29) is 6.04 Å². The van der Waals surface area contributed by atoms with Crippen LogP contribution in [0.4, 0.5) is 8.78 Å². The van der Waals surface area contributed by atoms with E-state index in [4.69, 9.17) is 0 Å². The summed E-state index contributed by atoms with van der Waals surface area (Å²) in [6.07, 6.45) is 6.95. The van der Waals surface area contributed by atoms with Gasteiger partial charge in [-0.2, -0.15) is 0 Å². The molecule has 0 aliphatic carbocycles. The molecule has 1 aliphatic heterocycles. The number of benzene rings is 1. The zero-order valence-electron chi connectivity index (χ0n) is 12.0. The van der Waals surface area contributed by atoms with Crippen LogP contribution in [0.5, 0.6) is 0 Å². The van der Waals surface area contributed by atoms with Crippen molar-refractivity contribution in [2.45, 2.75) is 44.8 Å². The number of imidazole rings is 1. The summed E-state index contributed by atoms with van der Waals surface area (Å²) in [6.45, 7) is 2.54. The van der Waals surface area contributed by atoms with Gasteiger partial charge in [0.15, 0.2) is 0 Å². The van der Waals surface area contributed by atoms with Crippen LogP contribution in [-0.2, 0) is 6.54 Å². The van der Waals surface area contributed by atoms with Gasteiger partial charge in [-0.25, -0.2) is 13.8 Å². The van der Waals surface area contributed by atoms with Crippen molar-refractivity contribution in [2.75, 3.05) is 0 Å². The topological polar surface area (TPSA) is 29.9 Å². The van der Waals surface area contributed by atoms with E-state index in [1.54, 1.807) is 6.33 Å². The highest BCUT2D eigenvalue weighted by Crippen LogP contribution is 2.26. The number of aromatic nitrogens is 2. The molecule has 0 amide bonds. The normalized spacial score (nSPS) is 22.4. The van der Waals surface area contributed by atoms with Gasteiger partial charge in [0.05, 0.1) is 18.6 Å². The number of piperidine rings is 1. The summed E-state index contributed by atoms with van der Waals surface area (Å²) in [5.74, 6) is -1.07. The molecule has 2 aromatic rings. The third-order valence-corrected chi connectivity index (χ3v) is 4.07. The van der Waals surface area contributed by atoms with Crippen LogP contribution >= 0.6 is 0 Å². The second-order valence-corrected chi connectivity index (χ2v) is 5.73. The summed E-state index contributed by atoms with van der Waals surface area (Å²) in [5.41, 5.74) is 1.53. The van der Waals surface area contributed by atoms with Gasteiger partial charge < -0.3 is 9.88 Å². The zero-order valence-corrected chi connectivity index (χ0v) is 12.0. The molecule has 0 radical (unpaired) electrons. The molecule has 1 saturated heterocycles. The number of hydrogen-bond acceptors (Lipinski definition) is 2. The second kappa shape index (κ2) is 5.93. The van der Waals surface area contributed by atoms with E-state index < -0.39 is 11.6 Å². The molecule has 3 rings (SSSR count). The summed E-state index contributed by atoms with van der Waals surface area (Å²) in [5, 5.41) is 3.55. The van der Waals surface area contributed by atoms with E-state index in [0.29, 0.717) is 18.2 Å². The standard InChI is InChI=1S/C16H19F2N3/c1-11-3-2-4-15(20-11)16-8-19-10-21(16)9-12-5-6-13(17)7-14(12)18/h5-8,10-11,15,20H,2-4,9H2,1H3. The lowest BCUT2D eigenvalue weighted by atomic mass is 9.97. The number of hydrogen-bond donors (Lipinski definition) is 1. The molecule has 21 heavy (non-hydrogen) atoms. The van der Waals surface area contributed by atoms with Crippen LogP contribution in [-0.4, -0.2) is 15.6 Å². The molecule has 0 spiro atoms. The third kappa shape index (κ3) is 3.13. The molecule has 1 aliphatic rings. The van der Waals surface area contributed by atoms with Crippen LogP contribution < -0.4 is 5.32 Å². The van der Waals surface area contributed by atoms with E-state index in [9.17, 15) is 8.78 Å². The van der Waals surface area contributed by atoms with Gasteiger partial charge in [0.25, 0.3) is 0 Å². The van der Waals surface area contributed by atoms with Crippen LogP contribution in [0.2, 0.25) is 0 Å². The lowest BCUT2D eigenvalue weighted by Gasteiger charge is -2.29. The molecule has 0 saturated carbocycles. The number of nitrogens with zero attached hydrogens (tertiary/aromatic N) is 2. The summed E-state index contributed by atoms with van der Waals surface area (Å²) in [6, 6.07) is 4.43. The van der Waals surface area contributed by atoms with Crippen molar-refractivity contribution in [1.29, 1.82) is 0 Å². The lowest BCUT2D eigenvalue weighted by molar-refractivity contribution is 0.330. The molecule has 1 aromatic heterocycles. The molecule has 5 heteroatoms. The predicted octanol–water partition coefficient (Wildman–Crippen LogP) is 3.41. The molecular weight excluding hydrogens is 272 g/mol. The van der Waals surface area contributed by atoms with Crippen molar-refractivity contribution in [2.24, 2.45) is 0 Å². The Bertz CT molecular complexity index is 624. The second-order valence-electron chi connectivity index (χ2n) is 5.73. The van der Waals surface area contributed by atoms with Gasteiger partial charge in [-0.1, -0.05) is 6.07 Å². The quantitative estimate of drug-likeness (QED) is 0.939. The van der Waals surface area contributed by atoms with Gasteiger partial charge in [-0.3, -0.25) is 0 Å². The van der Waals surface area contributed by atoms with Crippen molar-refractivity contribution in [1.82, 2.24) is 14.9 Å². The maximum atomic E-state index is 13.8. The van der Waals surface area contributed by atoms with E-state index in [1.165, 1.54) is 25.0 Å². The Morgan fingerprint density at radius 2 is 2.19 bits per heavy atom. The molecule has 0 bridgehead atoms. The Labute approximate surface area is 123 Å². The van der Waals surface area contributed by atoms with Crippen molar-refractivity contribution in [3.63, 3.8) is 0 Å². The first-order valence-electron chi connectivity index (χ1n) is 7.33. The first kappa shape index (κ1) is 14.2. The average Bonchev–Trinajstić information content (AvgIpc) is 2.90. The SMILES string of the molecule is CC1CCCC(c2cncn2Cc2ccc(F)cc2F)N1. The average molecular weight is 291 g/mol. The smallest absolute Gasteiger partial charge is 0.131 e. The van der Waals surface area contributed by atoms with E-state index >= 15 is 0 Å². The van der Waals surface area contributed by atoms with Crippen molar-refractivity contribution in [3.8, 4) is 0 Å². The molecule has 2 heterocycles. The van der Waals surface area contributed by atoms with Gasteiger partial charge in [0.2, 0.25) is 0 Å². The maximum absolute atomic E-state index is 13.8. The monoisotopic (exact) mass is 291 g/mol. The number of nitrogens with one attached hydrogen (secondary N) is 1. The molecule has 112 valence electrons. The van der Waals surface area contributed by atoms with E-state index in [2.05, 4.69) is 17.2 Å². The number of halogens is 2. The van der Waals surface area contributed by atoms with Crippen LogP contribution in [0.1, 0.15) is 43.5 Å². The highest BCUT2D eigenvalue weighted by Gasteiger charge is 2.22. The minimum Gasteiger partial charge on any atom is -0.329 e. The number of rotatable bonds is 3. The van der Waals surface area contributed by atoms with E-state index in [0.717, 1.165) is 18.2 Å². The maximum Gasteiger partial charge on any atom is 0.131 e. The molecule has 1 fully saturated rings. The van der Waals surface area contributed by atoms with Crippen molar-refractivity contribution in [3.05, 3.63) is 53.6 Å². The fourth-order valence-corrected chi connectivity index (χ4v) is 2.96. The molecule has 1 aromatic carbocycles. The Balaban J connectivity index is 1.82. The van der Waals surface area contributed by atoms with Crippen LogP contribution in [0.3, 0.4) is 0 Å². The molecule has 2 atom stereocenters. The Morgan fingerprint density at radius 3 is 2.95 bits per heavy atom. The fourth-order valence-electron chi connectivity index (χ4n) is 2.96. The summed E-state index contributed by atoms with van der Waals surface area (Å²) in [7, 11) is 0. The first-order valence-corrected chi connectivity index (χ1v) is 7.33. The van der Waals surface area contributed by atoms with Crippen LogP contribution in [0, 0.1) is 11.6 Å². The molecule has 2 unspecified atom stereocenters. The Morgan fingerprint density at radius 1 is 1.33 bits per heavy atom. The van der Waals surface area contributed by atoms with Crippen molar-refractivity contribution >= 4 is 0 Å². The molecule has 1 N–H and O–H groups in total. The van der Waals surface area contributed by atoms with Gasteiger partial charge in [0, 0.05) is 29.9 Å². The lowest BCUT2D eigenvalue weighted by Crippen LogP contribution is -2.35. The highest BCUT2D eigenvalue weighted by molar-refractivity contribution is 5.20. The highest BCUT2D eigenvalue weighted by atomic mass is 19.1. The first-order chi connectivity index (χ1) is 10.1. The van der Waals surface area contributed by atoms with Gasteiger partial charge in [0.1, 0.15) is 11.6 Å². The summed E-state index contributed by atoms with van der Waals surface area (Å²) < 4.78 is 28.7. The third-order valence-electron chi connectivity index (χ3n) is 4.07. The fraction of sp³-hybridized carbons (Fsp3) is 0.438. The minimum absolute atomic E-state index is 0.250. The predicted molar refractivity (Wildman–Crippen MR) is 76.9 cm³/mol. The van der Waals surface area contributed by atoms with Gasteiger partial charge in [-0.15, -0.1) is 0 Å². The van der Waals surface area contributed by atoms with Gasteiger partial charge >= 0.3 is 0 Å². The molecule has 3 nitrogen and oxygen atoms in total. The Kier molecular flexibility index (Phi) is 4.01. The minimum atomic E-state index is -0.551. The van der Waals surface area contributed by atoms with E-state index in [1.807, 2.05) is 10.8 Å². The summed E-state index contributed by atoms with van der Waals surface area (Å²) in [4.78, 5) is 4.19. The Hall–Kier alpha value is -1.75. The van der Waals surface area contributed by atoms with Gasteiger partial charge in [-0.05, 0) is 32.3 Å². The summed E-state index contributed by atoms with van der Waals surface area (Å²) >= 11 is 0.